The van der Waals surface area contributed by atoms with Crippen LogP contribution in [0.1, 0.15) is 21.0 Å². The first-order valence-electron chi connectivity index (χ1n) is 9.83. The summed E-state index contributed by atoms with van der Waals surface area (Å²) in [6.45, 7) is 1.21. The van der Waals surface area contributed by atoms with Gasteiger partial charge < -0.3 is 43.2 Å². The second-order valence-corrected chi connectivity index (χ2v) is 6.50. The van der Waals surface area contributed by atoms with Crippen LogP contribution < -0.4 is 84.4 Å². The second-order valence-electron chi connectivity index (χ2n) is 6.50. The Kier molecular flexibility index (Phi) is 14.1. The third-order valence-corrected chi connectivity index (χ3v) is 4.18. The smallest absolute Gasteiger partial charge is 0.543 e. The van der Waals surface area contributed by atoms with Crippen LogP contribution >= 0.6 is 0 Å². The number of carboxylic acid groups (broad SMARTS) is 2. The predicted octanol–water partition coefficient (Wildman–Crippen LogP) is -6.59. The molecule has 11 nitrogen and oxygen atoms in total. The van der Waals surface area contributed by atoms with Crippen LogP contribution in [0.25, 0.3) is 11.0 Å². The molecule has 0 unspecified atom stereocenters. The molecule has 0 saturated heterocycles. The van der Waals surface area contributed by atoms with E-state index in [4.69, 9.17) is 23.4 Å². The van der Waals surface area contributed by atoms with Gasteiger partial charge in [-0.1, -0.05) is 12.1 Å². The van der Waals surface area contributed by atoms with Gasteiger partial charge in [0.05, 0.1) is 61.2 Å². The summed E-state index contributed by atoms with van der Waals surface area (Å²) in [6.07, 6.45) is 0. The number of aromatic nitrogens is 1. The molecule has 0 N–H and O–H groups in total. The molecule has 3 aromatic rings. The zero-order valence-corrected chi connectivity index (χ0v) is 23.3. The number of benzene rings is 1. The molecule has 2 heterocycles. The fraction of sp³-hybridized carbons (Fsp3) is 0.273. The summed E-state index contributed by atoms with van der Waals surface area (Å²) < 4.78 is 26.7. The predicted molar refractivity (Wildman–Crippen MR) is 108 cm³/mol. The van der Waals surface area contributed by atoms with E-state index in [2.05, 4.69) is 4.98 Å². The summed E-state index contributed by atoms with van der Waals surface area (Å²) in [5.41, 5.74) is -1.21. The van der Waals surface area contributed by atoms with Crippen molar-refractivity contribution in [1.29, 1.82) is 0 Å². The van der Waals surface area contributed by atoms with Gasteiger partial charge in [-0.25, -0.2) is 9.78 Å². The Morgan fingerprint density at radius 1 is 0.800 bits per heavy atom. The second kappa shape index (κ2) is 15.9. The van der Waals surface area contributed by atoms with Gasteiger partial charge in [0.15, 0.2) is 0 Å². The third kappa shape index (κ3) is 9.90. The van der Waals surface area contributed by atoms with Crippen LogP contribution in [0.3, 0.4) is 0 Å². The van der Waals surface area contributed by atoms with Crippen LogP contribution in [0.15, 0.2) is 51.7 Å². The summed E-state index contributed by atoms with van der Waals surface area (Å²) in [7, 11) is 0. The topological polar surface area (TPSA) is 160 Å². The van der Waals surface area contributed by atoms with Gasteiger partial charge in [-0.2, -0.15) is 0 Å². The number of carbonyl (C=O) groups excluding carboxylic acids is 2. The molecule has 2 aromatic heterocycles. The number of carbonyl (C=O) groups is 2. The van der Waals surface area contributed by atoms with E-state index in [0.717, 1.165) is 12.1 Å². The minimum atomic E-state index is -1.63. The molecule has 0 saturated carbocycles. The first kappa shape index (κ1) is 31.1. The van der Waals surface area contributed by atoms with Crippen molar-refractivity contribution >= 4 is 22.9 Å². The van der Waals surface area contributed by atoms with Gasteiger partial charge in [0, 0.05) is 12.1 Å². The maximum Gasteiger partial charge on any atom is 1.00 e. The van der Waals surface area contributed by atoms with Gasteiger partial charge >= 0.3 is 64.7 Å². The van der Waals surface area contributed by atoms with Crippen LogP contribution in [-0.2, 0) is 9.47 Å². The first-order chi connectivity index (χ1) is 15.9. The Balaban J connectivity index is 0.00000306. The molecule has 3 rings (SSSR count). The minimum absolute atomic E-state index is 0. The summed E-state index contributed by atoms with van der Waals surface area (Å²) in [4.78, 5) is 36.8. The van der Waals surface area contributed by atoms with Crippen LogP contribution in [-0.4, -0.2) is 56.6 Å². The van der Waals surface area contributed by atoms with Crippen molar-refractivity contribution in [1.82, 2.24) is 4.98 Å². The maximum absolute atomic E-state index is 11.6. The molecule has 0 radical (unpaired) electrons. The Hall–Kier alpha value is -1.96. The maximum atomic E-state index is 11.6. The molecule has 0 aliphatic rings. The van der Waals surface area contributed by atoms with Crippen molar-refractivity contribution < 1.29 is 102 Å². The van der Waals surface area contributed by atoms with Crippen molar-refractivity contribution in [2.24, 2.45) is 0 Å². The molecule has 13 heteroatoms. The largest absolute Gasteiger partial charge is 1.00 e. The summed E-state index contributed by atoms with van der Waals surface area (Å²) in [5, 5.41) is 22.5. The number of ether oxygens (including phenoxy) is 4. The van der Waals surface area contributed by atoms with E-state index < -0.39 is 29.0 Å². The Morgan fingerprint density at radius 2 is 1.34 bits per heavy atom. The molecule has 35 heavy (non-hydrogen) atoms. The van der Waals surface area contributed by atoms with E-state index in [1.807, 2.05) is 6.07 Å². The fourth-order valence-corrected chi connectivity index (χ4v) is 2.75. The number of para-hydroxylation sites is 1. The molecular formula is C22H19NNa2O10. The summed E-state index contributed by atoms with van der Waals surface area (Å²) >= 11 is 0. The molecule has 1 aromatic carbocycles. The molecule has 0 atom stereocenters. The SMILES string of the molecule is O=C([O-])c1cc(OCCOCCOCCOc2cc(=O)oc3ccccc23)cc(C(=O)[O-])n1.[Na+].[Na+]. The number of pyridine rings is 1. The molecule has 174 valence electrons. The van der Waals surface area contributed by atoms with E-state index in [1.165, 1.54) is 6.07 Å². The first-order valence-corrected chi connectivity index (χ1v) is 9.83. The van der Waals surface area contributed by atoms with Crippen molar-refractivity contribution in [2.75, 3.05) is 39.6 Å². The quantitative estimate of drug-likeness (QED) is 0.124. The standard InChI is InChI=1S/C22H21NO10.2Na/c24-20-13-19(15-3-1-2-4-18(15)33-20)32-10-8-30-6-5-29-7-9-31-14-11-16(21(25)26)23-17(12-14)22(27)28;;/h1-4,11-13H,5-10H2,(H,25,26)(H,27,28);;/q;2*+1/p-2. The number of hydrogen-bond acceptors (Lipinski definition) is 11. The monoisotopic (exact) mass is 503 g/mol. The fourth-order valence-electron chi connectivity index (χ4n) is 2.75. The molecule has 0 bridgehead atoms. The molecule has 0 fully saturated rings. The van der Waals surface area contributed by atoms with Gasteiger partial charge in [-0.05, 0) is 12.1 Å². The van der Waals surface area contributed by atoms with Gasteiger partial charge in [0.1, 0.15) is 30.3 Å². The van der Waals surface area contributed by atoms with Crippen molar-refractivity contribution in [3.8, 4) is 11.5 Å². The molecule has 0 aliphatic carbocycles. The number of rotatable bonds is 13. The van der Waals surface area contributed by atoms with Crippen molar-refractivity contribution in [3.63, 3.8) is 0 Å². The Bertz CT molecular complexity index is 1150. The van der Waals surface area contributed by atoms with Crippen LogP contribution in [0, 0.1) is 0 Å². The molecule has 0 amide bonds. The number of aromatic carboxylic acids is 2. The van der Waals surface area contributed by atoms with E-state index in [-0.39, 0.29) is 105 Å². The van der Waals surface area contributed by atoms with Crippen molar-refractivity contribution in [3.05, 3.63) is 64.3 Å². The van der Waals surface area contributed by atoms with E-state index >= 15 is 0 Å². The summed E-state index contributed by atoms with van der Waals surface area (Å²) in [5.74, 6) is -2.87. The molecule has 0 aliphatic heterocycles. The Morgan fingerprint density at radius 3 is 1.94 bits per heavy atom. The average Bonchev–Trinajstić information content (AvgIpc) is 2.79. The van der Waals surface area contributed by atoms with E-state index in [1.54, 1.807) is 18.2 Å². The number of carboxylic acids is 2. The molecule has 0 spiro atoms. The average molecular weight is 503 g/mol. The summed E-state index contributed by atoms with van der Waals surface area (Å²) in [6, 6.07) is 10.4. The van der Waals surface area contributed by atoms with Crippen LogP contribution in [0.5, 0.6) is 11.5 Å². The number of nitrogens with zero attached hydrogens (tertiary/aromatic N) is 1. The van der Waals surface area contributed by atoms with Gasteiger partial charge in [0.2, 0.25) is 0 Å². The number of hydrogen-bond donors (Lipinski definition) is 0. The zero-order valence-electron chi connectivity index (χ0n) is 19.3. The van der Waals surface area contributed by atoms with Crippen LogP contribution in [0.4, 0.5) is 0 Å². The van der Waals surface area contributed by atoms with Crippen molar-refractivity contribution in [2.45, 2.75) is 0 Å². The molecular weight excluding hydrogens is 484 g/mol. The minimum Gasteiger partial charge on any atom is -0.543 e. The van der Waals surface area contributed by atoms with E-state index in [9.17, 15) is 24.6 Å². The van der Waals surface area contributed by atoms with E-state index in [0.29, 0.717) is 16.7 Å². The normalized spacial score (nSPS) is 10.2. The van der Waals surface area contributed by atoms with Gasteiger partial charge in [0.25, 0.3) is 0 Å². The Labute approximate surface area is 243 Å². The third-order valence-electron chi connectivity index (χ3n) is 4.18. The zero-order chi connectivity index (χ0) is 23.6. The van der Waals surface area contributed by atoms with Crippen LogP contribution in [0.2, 0.25) is 0 Å². The van der Waals surface area contributed by atoms with Gasteiger partial charge in [-0.3, -0.25) is 0 Å². The van der Waals surface area contributed by atoms with Gasteiger partial charge in [-0.15, -0.1) is 0 Å². The number of fused-ring (bicyclic) bond motifs is 1.